The molecule has 5 aromatic carbocycles. The van der Waals surface area contributed by atoms with Gasteiger partial charge in [0.05, 0.1) is 22.3 Å². The summed E-state index contributed by atoms with van der Waals surface area (Å²) in [5, 5.41) is 0. The van der Waals surface area contributed by atoms with E-state index in [1.165, 1.54) is 19.7 Å². The first-order chi connectivity index (χ1) is 22.9. The van der Waals surface area contributed by atoms with Crippen LogP contribution in [-0.2, 0) is 5.41 Å². The fraction of sp³-hybridized carbons (Fsp3) is 0.150. The Hall–Kier alpha value is -6.02. The van der Waals surface area contributed by atoms with Crippen molar-refractivity contribution in [1.82, 2.24) is 9.80 Å². The van der Waals surface area contributed by atoms with Crippen molar-refractivity contribution in [2.75, 3.05) is 14.1 Å². The Balaban J connectivity index is 0.000000510. The Bertz CT molecular complexity index is 1920. The molecular formula is C40H34N2O6. The van der Waals surface area contributed by atoms with Crippen LogP contribution in [0.25, 0.3) is 0 Å². The summed E-state index contributed by atoms with van der Waals surface area (Å²) in [6.07, 6.45) is 0. The van der Waals surface area contributed by atoms with Crippen molar-refractivity contribution >= 4 is 23.6 Å². The molecule has 0 N–H and O–H groups in total. The molecule has 0 bridgehead atoms. The lowest BCUT2D eigenvalue weighted by Crippen LogP contribution is -2.24. The molecule has 5 aromatic rings. The molecule has 0 aliphatic carbocycles. The smallest absolute Gasteiger partial charge is 0.261 e. The van der Waals surface area contributed by atoms with E-state index >= 15 is 0 Å². The number of fused-ring (bicyclic) bond motifs is 2. The Morgan fingerprint density at radius 3 is 1.17 bits per heavy atom. The number of amides is 4. The first-order valence-corrected chi connectivity index (χ1v) is 15.5. The van der Waals surface area contributed by atoms with Gasteiger partial charge in [-0.2, -0.15) is 0 Å². The number of aryl methyl sites for hydroxylation is 1. The van der Waals surface area contributed by atoms with Gasteiger partial charge >= 0.3 is 0 Å². The van der Waals surface area contributed by atoms with Gasteiger partial charge in [0.15, 0.2) is 0 Å². The summed E-state index contributed by atoms with van der Waals surface area (Å²) in [5.74, 6) is 0.883. The van der Waals surface area contributed by atoms with Gasteiger partial charge in [-0.1, -0.05) is 74.0 Å². The van der Waals surface area contributed by atoms with Crippen LogP contribution in [0.4, 0.5) is 0 Å². The quantitative estimate of drug-likeness (QED) is 0.175. The van der Waals surface area contributed by atoms with E-state index in [9.17, 15) is 19.2 Å². The van der Waals surface area contributed by atoms with Crippen LogP contribution < -0.4 is 9.47 Å². The Morgan fingerprint density at radius 2 is 0.812 bits per heavy atom. The van der Waals surface area contributed by atoms with Gasteiger partial charge in [0, 0.05) is 19.5 Å². The molecule has 0 fully saturated rings. The molecule has 0 radical (unpaired) electrons. The lowest BCUT2D eigenvalue weighted by Gasteiger charge is -2.26. The van der Waals surface area contributed by atoms with Crippen LogP contribution in [0.2, 0.25) is 0 Å². The van der Waals surface area contributed by atoms with Crippen molar-refractivity contribution in [3.8, 4) is 23.0 Å². The van der Waals surface area contributed by atoms with Gasteiger partial charge < -0.3 is 9.47 Å². The van der Waals surface area contributed by atoms with Gasteiger partial charge in [0.1, 0.15) is 23.0 Å². The minimum Gasteiger partial charge on any atom is -0.457 e. The van der Waals surface area contributed by atoms with Crippen molar-refractivity contribution in [3.05, 3.63) is 154 Å². The van der Waals surface area contributed by atoms with E-state index in [2.05, 4.69) is 32.9 Å². The summed E-state index contributed by atoms with van der Waals surface area (Å²) < 4.78 is 11.9. The molecule has 7 rings (SSSR count). The maximum atomic E-state index is 12.3. The van der Waals surface area contributed by atoms with E-state index in [4.69, 9.17) is 9.47 Å². The summed E-state index contributed by atoms with van der Waals surface area (Å²) in [4.78, 5) is 51.1. The second-order valence-corrected chi connectivity index (χ2v) is 12.3. The van der Waals surface area contributed by atoms with Crippen molar-refractivity contribution in [2.24, 2.45) is 0 Å². The number of carbonyl (C=O) groups is 4. The Labute approximate surface area is 279 Å². The van der Waals surface area contributed by atoms with E-state index in [0.29, 0.717) is 45.3 Å². The van der Waals surface area contributed by atoms with E-state index in [0.717, 1.165) is 20.9 Å². The van der Waals surface area contributed by atoms with Crippen LogP contribution in [-0.4, -0.2) is 47.5 Å². The predicted octanol–water partition coefficient (Wildman–Crippen LogP) is 8.04. The highest BCUT2D eigenvalue weighted by Gasteiger charge is 2.34. The van der Waals surface area contributed by atoms with E-state index in [1.807, 2.05) is 66.7 Å². The predicted molar refractivity (Wildman–Crippen MR) is 182 cm³/mol. The molecule has 0 atom stereocenters. The highest BCUT2D eigenvalue weighted by Crippen LogP contribution is 2.36. The normalized spacial score (nSPS) is 13.6. The number of benzene rings is 5. The molecule has 2 aliphatic rings. The average Bonchev–Trinajstić information content (AvgIpc) is 3.44. The number of rotatable bonds is 6. The number of carbonyl (C=O) groups excluding carboxylic acids is 4. The molecule has 8 nitrogen and oxygen atoms in total. The minimum absolute atomic E-state index is 0.312. The van der Waals surface area contributed by atoms with Gasteiger partial charge in [-0.3, -0.25) is 29.0 Å². The monoisotopic (exact) mass is 638 g/mol. The van der Waals surface area contributed by atoms with Crippen molar-refractivity contribution in [2.45, 2.75) is 26.2 Å². The molecule has 0 saturated carbocycles. The third-order valence-electron chi connectivity index (χ3n) is 8.69. The summed E-state index contributed by atoms with van der Waals surface area (Å²) in [6, 6.07) is 35.5. The van der Waals surface area contributed by atoms with E-state index in [1.54, 1.807) is 36.4 Å². The third kappa shape index (κ3) is 6.08. The molecule has 8 heteroatoms. The van der Waals surface area contributed by atoms with Crippen LogP contribution in [0.5, 0.6) is 23.0 Å². The summed E-state index contributed by atoms with van der Waals surface area (Å²) >= 11 is 0. The molecule has 0 aromatic heterocycles. The molecule has 4 amide bonds. The van der Waals surface area contributed by atoms with Crippen LogP contribution >= 0.6 is 0 Å². The highest BCUT2D eigenvalue weighted by atomic mass is 16.5. The number of hydrogen-bond donors (Lipinski definition) is 0. The van der Waals surface area contributed by atoms with E-state index in [-0.39, 0.29) is 29.0 Å². The van der Waals surface area contributed by atoms with Gasteiger partial charge in [-0.25, -0.2) is 0 Å². The van der Waals surface area contributed by atoms with Crippen LogP contribution in [0, 0.1) is 6.92 Å². The van der Waals surface area contributed by atoms with Crippen LogP contribution in [0.3, 0.4) is 0 Å². The first kappa shape index (κ1) is 31.9. The minimum atomic E-state index is -0.337. The second-order valence-electron chi connectivity index (χ2n) is 12.3. The highest BCUT2D eigenvalue weighted by molar-refractivity contribution is 6.22. The maximum Gasteiger partial charge on any atom is 0.261 e. The topological polar surface area (TPSA) is 93.2 Å². The zero-order valence-corrected chi connectivity index (χ0v) is 27.3. The number of nitrogens with zero attached hydrogens (tertiary/aromatic N) is 2. The maximum absolute atomic E-state index is 12.3. The number of imide groups is 2. The van der Waals surface area contributed by atoms with Gasteiger partial charge in [0.2, 0.25) is 0 Å². The Kier molecular flexibility index (Phi) is 8.41. The third-order valence-corrected chi connectivity index (χ3v) is 8.69. The zero-order valence-electron chi connectivity index (χ0n) is 27.3. The Morgan fingerprint density at radius 1 is 0.458 bits per heavy atom. The standard InChI is InChI=1S/C33H26N2O6.C7H8/c1-33(2,19-5-9-21(10-6-19)40-23-13-15-25-27(17-23)31(38)34(3)29(25)36)20-7-11-22(12-8-20)41-24-14-16-26-28(18-24)32(39)35(4)30(26)37;1-7-5-3-2-4-6-7/h5-18H,1-4H3;2-6H,1H3. The van der Waals surface area contributed by atoms with Crippen LogP contribution in [0.15, 0.2) is 115 Å². The zero-order chi connectivity index (χ0) is 34.2. The molecule has 0 unspecified atom stereocenters. The SMILES string of the molecule is CN1C(=O)c2ccc(Oc3ccc(C(C)(C)c4ccc(Oc5ccc6c(c5)C(=O)N(C)C6=O)cc4)cc3)cc2C1=O.Cc1ccccc1. The number of ether oxygens (including phenoxy) is 2. The molecule has 2 aliphatic heterocycles. The molecule has 2 heterocycles. The van der Waals surface area contributed by atoms with Gasteiger partial charge in [-0.15, -0.1) is 0 Å². The fourth-order valence-electron chi connectivity index (χ4n) is 5.66. The van der Waals surface area contributed by atoms with Gasteiger partial charge in [-0.05, 0) is 78.7 Å². The first-order valence-electron chi connectivity index (χ1n) is 15.5. The molecule has 48 heavy (non-hydrogen) atoms. The van der Waals surface area contributed by atoms with Crippen molar-refractivity contribution in [3.63, 3.8) is 0 Å². The fourth-order valence-corrected chi connectivity index (χ4v) is 5.66. The molecule has 0 spiro atoms. The van der Waals surface area contributed by atoms with Gasteiger partial charge in [0.25, 0.3) is 23.6 Å². The van der Waals surface area contributed by atoms with Crippen molar-refractivity contribution in [1.29, 1.82) is 0 Å². The lowest BCUT2D eigenvalue weighted by atomic mass is 9.78. The molecule has 240 valence electrons. The van der Waals surface area contributed by atoms with Crippen molar-refractivity contribution < 1.29 is 28.7 Å². The summed E-state index contributed by atoms with van der Waals surface area (Å²) in [6.45, 7) is 6.33. The molecular weight excluding hydrogens is 604 g/mol. The summed E-state index contributed by atoms with van der Waals surface area (Å²) in [5.41, 5.74) is 4.58. The lowest BCUT2D eigenvalue weighted by molar-refractivity contribution is 0.0677. The van der Waals surface area contributed by atoms with Crippen LogP contribution in [0.1, 0.15) is 72.0 Å². The summed E-state index contributed by atoms with van der Waals surface area (Å²) in [7, 11) is 2.93. The molecule has 0 saturated heterocycles. The van der Waals surface area contributed by atoms with E-state index < -0.39 is 0 Å². The number of hydrogen-bond acceptors (Lipinski definition) is 6. The average molecular weight is 639 g/mol. The second kappa shape index (κ2) is 12.6. The largest absolute Gasteiger partial charge is 0.457 e.